The number of ketones is 1. The fourth-order valence-corrected chi connectivity index (χ4v) is 2.84. The number of benzene rings is 2. The molecule has 0 saturated heterocycles. The Balaban J connectivity index is 2.02. The molecule has 0 bridgehead atoms. The number of rotatable bonds is 6. The fraction of sp³-hybridized carbons (Fsp3) is 0.250. The summed E-state index contributed by atoms with van der Waals surface area (Å²) in [5, 5.41) is 1.02. The van der Waals surface area contributed by atoms with Crippen LogP contribution in [-0.4, -0.2) is 17.5 Å². The van der Waals surface area contributed by atoms with Crippen LogP contribution in [0, 0.1) is 0 Å². The maximum absolute atomic E-state index is 12.9. The van der Waals surface area contributed by atoms with Crippen molar-refractivity contribution in [3.63, 3.8) is 0 Å². The van der Waals surface area contributed by atoms with E-state index in [1.807, 2.05) is 48.7 Å². The molecular weight excluding hydrogens is 286 g/mol. The molecule has 0 spiro atoms. The highest BCUT2D eigenvalue weighted by atomic mass is 16.5. The van der Waals surface area contributed by atoms with Gasteiger partial charge < -0.3 is 9.30 Å². The van der Waals surface area contributed by atoms with E-state index >= 15 is 0 Å². The number of carbonyl (C=O) groups excluding carboxylic acids is 1. The van der Waals surface area contributed by atoms with Crippen molar-refractivity contribution in [2.24, 2.45) is 0 Å². The Hall–Kier alpha value is -2.55. The maximum atomic E-state index is 12.9. The van der Waals surface area contributed by atoms with Crippen LogP contribution in [0.15, 0.2) is 54.7 Å². The highest BCUT2D eigenvalue weighted by Gasteiger charge is 2.16. The maximum Gasteiger partial charge on any atom is 0.195 e. The minimum absolute atomic E-state index is 0.0547. The van der Waals surface area contributed by atoms with Crippen molar-refractivity contribution in [1.29, 1.82) is 0 Å². The van der Waals surface area contributed by atoms with Crippen LogP contribution in [-0.2, 0) is 6.54 Å². The highest BCUT2D eigenvalue weighted by Crippen LogP contribution is 2.25. The molecule has 0 aliphatic carbocycles. The third-order valence-corrected chi connectivity index (χ3v) is 4.14. The number of unbranched alkanes of at least 4 members (excludes halogenated alkanes) is 1. The summed E-state index contributed by atoms with van der Waals surface area (Å²) in [4.78, 5) is 12.9. The van der Waals surface area contributed by atoms with E-state index in [2.05, 4.69) is 17.6 Å². The summed E-state index contributed by atoms with van der Waals surface area (Å²) in [6.07, 6.45) is 4.23. The molecule has 3 rings (SSSR count). The van der Waals surface area contributed by atoms with Crippen molar-refractivity contribution in [3.8, 4) is 5.75 Å². The highest BCUT2D eigenvalue weighted by molar-refractivity contribution is 6.16. The molecule has 118 valence electrons. The first kappa shape index (κ1) is 15.3. The fourth-order valence-electron chi connectivity index (χ4n) is 2.84. The second-order valence-electron chi connectivity index (χ2n) is 5.66. The number of fused-ring (bicyclic) bond motifs is 1. The van der Waals surface area contributed by atoms with Crippen LogP contribution in [0.2, 0.25) is 0 Å². The number of hydrogen-bond acceptors (Lipinski definition) is 2. The molecule has 1 aromatic heterocycles. The first-order valence-corrected chi connectivity index (χ1v) is 8.01. The third-order valence-electron chi connectivity index (χ3n) is 4.14. The third kappa shape index (κ3) is 3.00. The first-order valence-electron chi connectivity index (χ1n) is 8.01. The molecule has 23 heavy (non-hydrogen) atoms. The lowest BCUT2D eigenvalue weighted by Crippen LogP contribution is -2.01. The predicted octanol–water partition coefficient (Wildman–Crippen LogP) is 4.68. The van der Waals surface area contributed by atoms with Gasteiger partial charge in [0.05, 0.1) is 7.11 Å². The van der Waals surface area contributed by atoms with Gasteiger partial charge in [0.2, 0.25) is 0 Å². The van der Waals surface area contributed by atoms with E-state index in [1.54, 1.807) is 7.11 Å². The van der Waals surface area contributed by atoms with Crippen molar-refractivity contribution in [3.05, 3.63) is 65.9 Å². The zero-order valence-electron chi connectivity index (χ0n) is 13.6. The molecule has 0 aliphatic heterocycles. The van der Waals surface area contributed by atoms with Crippen LogP contribution in [0.5, 0.6) is 5.75 Å². The summed E-state index contributed by atoms with van der Waals surface area (Å²) >= 11 is 0. The van der Waals surface area contributed by atoms with Crippen LogP contribution in [0.4, 0.5) is 0 Å². The van der Waals surface area contributed by atoms with Crippen molar-refractivity contribution in [2.75, 3.05) is 7.11 Å². The van der Waals surface area contributed by atoms with Crippen molar-refractivity contribution in [2.45, 2.75) is 26.3 Å². The number of carbonyl (C=O) groups is 1. The molecule has 0 radical (unpaired) electrons. The van der Waals surface area contributed by atoms with E-state index in [-0.39, 0.29) is 5.78 Å². The quantitative estimate of drug-likeness (QED) is 0.619. The van der Waals surface area contributed by atoms with E-state index in [1.165, 1.54) is 0 Å². The van der Waals surface area contributed by atoms with E-state index < -0.39 is 0 Å². The molecule has 3 nitrogen and oxygen atoms in total. The Kier molecular flexibility index (Phi) is 4.47. The largest absolute Gasteiger partial charge is 0.497 e. The zero-order chi connectivity index (χ0) is 16.2. The summed E-state index contributed by atoms with van der Waals surface area (Å²) in [6, 6.07) is 15.4. The first-order chi connectivity index (χ1) is 11.2. The van der Waals surface area contributed by atoms with Crippen molar-refractivity contribution in [1.82, 2.24) is 4.57 Å². The molecule has 0 N–H and O–H groups in total. The lowest BCUT2D eigenvalue weighted by Gasteiger charge is -2.02. The molecule has 0 aliphatic rings. The van der Waals surface area contributed by atoms with Crippen LogP contribution in [0.1, 0.15) is 35.7 Å². The number of methoxy groups -OCH3 is 1. The summed E-state index contributed by atoms with van der Waals surface area (Å²) in [7, 11) is 1.62. The van der Waals surface area contributed by atoms with Gasteiger partial charge in [-0.3, -0.25) is 4.79 Å². The smallest absolute Gasteiger partial charge is 0.195 e. The molecular formula is C20H21NO2. The molecule has 0 saturated carbocycles. The number of hydrogen-bond donors (Lipinski definition) is 0. The molecule has 0 fully saturated rings. The Morgan fingerprint density at radius 1 is 1.09 bits per heavy atom. The van der Waals surface area contributed by atoms with Crippen LogP contribution >= 0.6 is 0 Å². The molecule has 0 unspecified atom stereocenters. The lowest BCUT2D eigenvalue weighted by molar-refractivity contribution is 0.104. The Labute approximate surface area is 136 Å². The molecule has 1 heterocycles. The van der Waals surface area contributed by atoms with Gasteiger partial charge in [0.15, 0.2) is 5.78 Å². The number of aryl methyl sites for hydroxylation is 1. The molecule has 2 aromatic carbocycles. The van der Waals surface area contributed by atoms with Crippen molar-refractivity contribution >= 4 is 16.7 Å². The van der Waals surface area contributed by atoms with Crippen LogP contribution in [0.3, 0.4) is 0 Å². The molecule has 0 atom stereocenters. The predicted molar refractivity (Wildman–Crippen MR) is 93.3 cm³/mol. The second kappa shape index (κ2) is 6.69. The van der Waals surface area contributed by atoms with Gasteiger partial charge in [-0.15, -0.1) is 0 Å². The van der Waals surface area contributed by atoms with Gasteiger partial charge in [-0.25, -0.2) is 0 Å². The summed E-state index contributed by atoms with van der Waals surface area (Å²) in [5.74, 6) is 0.811. The standard InChI is InChI=1S/C20H21NO2/c1-3-4-13-21-14-18(17-7-5-6-8-19(17)21)20(22)15-9-11-16(23-2)12-10-15/h5-12,14H,3-4,13H2,1-2H3. The second-order valence-corrected chi connectivity index (χ2v) is 5.66. The van der Waals surface area contributed by atoms with E-state index in [4.69, 9.17) is 4.74 Å². The SMILES string of the molecule is CCCCn1cc(C(=O)c2ccc(OC)cc2)c2ccccc21. The van der Waals surface area contributed by atoms with E-state index in [9.17, 15) is 4.79 Å². The Morgan fingerprint density at radius 3 is 2.52 bits per heavy atom. The Bertz CT molecular complexity index is 815. The molecule has 0 amide bonds. The number of ether oxygens (including phenoxy) is 1. The van der Waals surface area contributed by atoms with E-state index in [0.717, 1.165) is 41.6 Å². The summed E-state index contributed by atoms with van der Waals surface area (Å²) in [6.45, 7) is 3.11. The minimum Gasteiger partial charge on any atom is -0.497 e. The van der Waals surface area contributed by atoms with E-state index in [0.29, 0.717) is 5.56 Å². The number of nitrogens with zero attached hydrogens (tertiary/aromatic N) is 1. The van der Waals surface area contributed by atoms with Gasteiger partial charge >= 0.3 is 0 Å². The zero-order valence-corrected chi connectivity index (χ0v) is 13.6. The van der Waals surface area contributed by atoms with Gasteiger partial charge in [-0.05, 0) is 36.8 Å². The topological polar surface area (TPSA) is 31.2 Å². The summed E-state index contributed by atoms with van der Waals surface area (Å²) in [5.41, 5.74) is 2.57. The van der Waals surface area contributed by atoms with Crippen molar-refractivity contribution < 1.29 is 9.53 Å². The normalized spacial score (nSPS) is 10.9. The van der Waals surface area contributed by atoms with Gasteiger partial charge in [0, 0.05) is 34.8 Å². The Morgan fingerprint density at radius 2 is 1.83 bits per heavy atom. The van der Waals surface area contributed by atoms with Gasteiger partial charge in [-0.1, -0.05) is 31.5 Å². The molecule has 3 aromatic rings. The van der Waals surface area contributed by atoms with Gasteiger partial charge in [0.1, 0.15) is 5.75 Å². The average Bonchev–Trinajstić information content (AvgIpc) is 2.98. The van der Waals surface area contributed by atoms with Crippen LogP contribution in [0.25, 0.3) is 10.9 Å². The lowest BCUT2D eigenvalue weighted by atomic mass is 10.0. The minimum atomic E-state index is 0.0547. The molecule has 3 heteroatoms. The monoisotopic (exact) mass is 307 g/mol. The number of aromatic nitrogens is 1. The van der Waals surface area contributed by atoms with Gasteiger partial charge in [0.25, 0.3) is 0 Å². The average molecular weight is 307 g/mol. The van der Waals surface area contributed by atoms with Gasteiger partial charge in [-0.2, -0.15) is 0 Å². The van der Waals surface area contributed by atoms with Crippen LogP contribution < -0.4 is 4.74 Å². The number of para-hydroxylation sites is 1. The summed E-state index contributed by atoms with van der Waals surface area (Å²) < 4.78 is 7.35.